The van der Waals surface area contributed by atoms with Crippen LogP contribution in [-0.4, -0.2) is 54.3 Å². The fourth-order valence-electron chi connectivity index (χ4n) is 3.83. The van der Waals surface area contributed by atoms with Crippen molar-refractivity contribution < 1.29 is 33.3 Å². The lowest BCUT2D eigenvalue weighted by atomic mass is 9.78. The molecule has 2 heterocycles. The van der Waals surface area contributed by atoms with Gasteiger partial charge in [-0.25, -0.2) is 4.79 Å². The normalized spacial score (nSPS) is 40.6. The first kappa shape index (κ1) is 16.8. The van der Waals surface area contributed by atoms with Crippen molar-refractivity contribution >= 4 is 11.8 Å². The van der Waals surface area contributed by atoms with Crippen LogP contribution in [0.25, 0.3) is 0 Å². The highest BCUT2D eigenvalue weighted by Crippen LogP contribution is 2.49. The summed E-state index contributed by atoms with van der Waals surface area (Å²) >= 11 is 0. The van der Waals surface area contributed by atoms with Gasteiger partial charge in [0.1, 0.15) is 6.10 Å². The monoisotopic (exact) mass is 328 g/mol. The van der Waals surface area contributed by atoms with Crippen LogP contribution in [0, 0.1) is 0 Å². The van der Waals surface area contributed by atoms with Crippen LogP contribution in [0.1, 0.15) is 47.0 Å². The number of ketones is 1. The minimum Gasteiger partial charge on any atom is -0.467 e. The summed E-state index contributed by atoms with van der Waals surface area (Å²) in [5.41, 5.74) is -1.47. The maximum atomic E-state index is 12.9. The number of hydrogen-bond acceptors (Lipinski definition) is 7. The van der Waals surface area contributed by atoms with E-state index in [4.69, 9.17) is 23.7 Å². The molecule has 3 aliphatic rings. The summed E-state index contributed by atoms with van der Waals surface area (Å²) in [6.07, 6.45) is -0.921. The third-order valence-corrected chi connectivity index (χ3v) is 4.95. The van der Waals surface area contributed by atoms with Crippen LogP contribution in [-0.2, 0) is 33.3 Å². The quantitative estimate of drug-likeness (QED) is 0.723. The fourth-order valence-corrected chi connectivity index (χ4v) is 3.83. The molecule has 1 saturated carbocycles. The molecule has 3 fully saturated rings. The maximum absolute atomic E-state index is 12.9. The predicted molar refractivity (Wildman–Crippen MR) is 77.5 cm³/mol. The second-order valence-corrected chi connectivity index (χ2v) is 6.80. The Morgan fingerprint density at radius 2 is 1.87 bits per heavy atom. The van der Waals surface area contributed by atoms with E-state index in [2.05, 4.69) is 0 Å². The first-order valence-corrected chi connectivity index (χ1v) is 8.08. The average Bonchev–Trinajstić information content (AvgIpc) is 3.02. The number of fused-ring (bicyclic) bond motifs is 2. The topological polar surface area (TPSA) is 80.3 Å². The Morgan fingerprint density at radius 1 is 1.22 bits per heavy atom. The Bertz CT molecular complexity index is 525. The van der Waals surface area contributed by atoms with Gasteiger partial charge in [-0.05, 0) is 26.7 Å². The van der Waals surface area contributed by atoms with Gasteiger partial charge >= 0.3 is 5.97 Å². The summed E-state index contributed by atoms with van der Waals surface area (Å²) in [4.78, 5) is 25.3. The van der Waals surface area contributed by atoms with Gasteiger partial charge in [0.25, 0.3) is 0 Å². The molecule has 0 radical (unpaired) electrons. The van der Waals surface area contributed by atoms with E-state index >= 15 is 0 Å². The van der Waals surface area contributed by atoms with Gasteiger partial charge in [0.2, 0.25) is 5.60 Å². The highest BCUT2D eigenvalue weighted by Gasteiger charge is 2.70. The molecule has 0 aromatic heterocycles. The van der Waals surface area contributed by atoms with Gasteiger partial charge in [0.05, 0.1) is 13.2 Å². The van der Waals surface area contributed by atoms with Gasteiger partial charge < -0.3 is 23.7 Å². The Morgan fingerprint density at radius 3 is 2.43 bits per heavy atom. The summed E-state index contributed by atoms with van der Waals surface area (Å²) < 4.78 is 28.4. The van der Waals surface area contributed by atoms with E-state index < -0.39 is 41.5 Å². The standard InChI is InChI=1S/C16H24O7/c1-6-15(7-2)20-9-8-16(13(18)19-5)12(10(17)11(9)21-15)22-14(3,4)23-16/h9,11-12H,6-8H2,1-5H3/t9-,11?,12+,16-/m1/s1. The van der Waals surface area contributed by atoms with Crippen LogP contribution in [0.4, 0.5) is 0 Å². The van der Waals surface area contributed by atoms with Gasteiger partial charge in [-0.3, -0.25) is 4.79 Å². The second kappa shape index (κ2) is 5.24. The van der Waals surface area contributed by atoms with Crippen molar-refractivity contribution in [2.24, 2.45) is 0 Å². The van der Waals surface area contributed by atoms with Crippen molar-refractivity contribution in [1.82, 2.24) is 0 Å². The molecule has 0 bridgehead atoms. The lowest BCUT2D eigenvalue weighted by Crippen LogP contribution is -2.62. The van der Waals surface area contributed by atoms with Gasteiger partial charge in [0.15, 0.2) is 23.5 Å². The zero-order valence-corrected chi connectivity index (χ0v) is 14.2. The molecule has 2 aliphatic heterocycles. The molecule has 1 aliphatic carbocycles. The van der Waals surface area contributed by atoms with Crippen molar-refractivity contribution in [1.29, 1.82) is 0 Å². The first-order chi connectivity index (χ1) is 10.7. The van der Waals surface area contributed by atoms with E-state index in [0.29, 0.717) is 12.8 Å². The molecule has 130 valence electrons. The smallest absolute Gasteiger partial charge is 0.341 e. The van der Waals surface area contributed by atoms with Crippen LogP contribution in [0.15, 0.2) is 0 Å². The number of Topliss-reactive ketones (excluding diaryl/α,β-unsaturated/α-hetero) is 1. The lowest BCUT2D eigenvalue weighted by molar-refractivity contribution is -0.200. The molecule has 23 heavy (non-hydrogen) atoms. The molecule has 0 aromatic carbocycles. The molecule has 7 heteroatoms. The summed E-state index contributed by atoms with van der Waals surface area (Å²) in [5, 5.41) is 0. The van der Waals surface area contributed by atoms with Crippen LogP contribution in [0.5, 0.6) is 0 Å². The SMILES string of the molecule is CCC1(CC)OC2C(=O)[C@@H]3OC(C)(C)O[C@]3(C(=O)OC)C[C@H]2O1. The van der Waals surface area contributed by atoms with Gasteiger partial charge in [0, 0.05) is 6.42 Å². The number of ether oxygens (including phenoxy) is 5. The molecule has 0 spiro atoms. The third-order valence-electron chi connectivity index (χ3n) is 4.95. The van der Waals surface area contributed by atoms with E-state index in [1.807, 2.05) is 13.8 Å². The minimum absolute atomic E-state index is 0.173. The molecule has 1 unspecified atom stereocenters. The third kappa shape index (κ3) is 2.33. The number of esters is 1. The molecular formula is C16H24O7. The molecule has 7 nitrogen and oxygen atoms in total. The molecule has 0 aromatic rings. The van der Waals surface area contributed by atoms with E-state index in [-0.39, 0.29) is 12.2 Å². The van der Waals surface area contributed by atoms with E-state index in [0.717, 1.165) is 0 Å². The van der Waals surface area contributed by atoms with E-state index in [9.17, 15) is 9.59 Å². The average molecular weight is 328 g/mol. The predicted octanol–water partition coefficient (Wildman–Crippen LogP) is 1.32. The minimum atomic E-state index is -1.47. The molecule has 3 rings (SSSR count). The number of carbonyl (C=O) groups is 2. The number of hydrogen-bond donors (Lipinski definition) is 0. The highest BCUT2D eigenvalue weighted by atomic mass is 16.8. The largest absolute Gasteiger partial charge is 0.467 e. The Balaban J connectivity index is 1.97. The van der Waals surface area contributed by atoms with Crippen LogP contribution < -0.4 is 0 Å². The molecule has 0 amide bonds. The summed E-state index contributed by atoms with van der Waals surface area (Å²) in [7, 11) is 1.27. The van der Waals surface area contributed by atoms with E-state index in [1.54, 1.807) is 13.8 Å². The van der Waals surface area contributed by atoms with Crippen LogP contribution >= 0.6 is 0 Å². The highest BCUT2D eigenvalue weighted by molar-refractivity contribution is 5.98. The van der Waals surface area contributed by atoms with Crippen molar-refractivity contribution in [3.05, 3.63) is 0 Å². The van der Waals surface area contributed by atoms with Crippen molar-refractivity contribution in [3.8, 4) is 0 Å². The second-order valence-electron chi connectivity index (χ2n) is 6.80. The number of carbonyl (C=O) groups excluding carboxylic acids is 2. The molecule has 0 N–H and O–H groups in total. The Kier molecular flexibility index (Phi) is 3.83. The van der Waals surface area contributed by atoms with Gasteiger partial charge in [-0.15, -0.1) is 0 Å². The van der Waals surface area contributed by atoms with Crippen LogP contribution in [0.2, 0.25) is 0 Å². The summed E-state index contributed by atoms with van der Waals surface area (Å²) in [5.74, 6) is -2.79. The van der Waals surface area contributed by atoms with Crippen molar-refractivity contribution in [2.45, 2.75) is 82.4 Å². The van der Waals surface area contributed by atoms with Gasteiger partial charge in [-0.1, -0.05) is 13.8 Å². The molecule has 2 saturated heterocycles. The Hall–Kier alpha value is -1.02. The first-order valence-electron chi connectivity index (χ1n) is 8.08. The maximum Gasteiger partial charge on any atom is 0.341 e. The zero-order chi connectivity index (χ0) is 17.0. The van der Waals surface area contributed by atoms with Crippen LogP contribution in [0.3, 0.4) is 0 Å². The summed E-state index contributed by atoms with van der Waals surface area (Å²) in [6.45, 7) is 7.23. The number of rotatable bonds is 3. The zero-order valence-electron chi connectivity index (χ0n) is 14.2. The van der Waals surface area contributed by atoms with Gasteiger partial charge in [-0.2, -0.15) is 0 Å². The summed E-state index contributed by atoms with van der Waals surface area (Å²) in [6, 6.07) is 0. The molecular weight excluding hydrogens is 304 g/mol. The van der Waals surface area contributed by atoms with Crippen molar-refractivity contribution in [2.75, 3.05) is 7.11 Å². The van der Waals surface area contributed by atoms with Crippen molar-refractivity contribution in [3.63, 3.8) is 0 Å². The van der Waals surface area contributed by atoms with E-state index in [1.165, 1.54) is 7.11 Å². The lowest BCUT2D eigenvalue weighted by Gasteiger charge is -2.37. The number of methoxy groups -OCH3 is 1. The fraction of sp³-hybridized carbons (Fsp3) is 0.875. The molecule has 4 atom stereocenters. The Labute approximate surface area is 135 Å².